The number of thiazole rings is 1. The molecule has 142 valence electrons. The van der Waals surface area contributed by atoms with Gasteiger partial charge in [-0.05, 0) is 31.1 Å². The third kappa shape index (κ3) is 4.12. The Labute approximate surface area is 159 Å². The van der Waals surface area contributed by atoms with E-state index in [1.807, 2.05) is 12.3 Å². The summed E-state index contributed by atoms with van der Waals surface area (Å²) in [6.07, 6.45) is 7.17. The number of benzene rings is 1. The standard InChI is InChI=1S/C19H20FN3O3S/c20-10-14(12-24)25-13-3-5-16-17(9-13)26-18(22-16)6-4-15-11-21-19(27-15)23-7-1-2-8-23/h3-6,9,11,14,24H,1-2,7-8,10,12H2. The SMILES string of the molecule is OCC(CF)Oc1ccc2nc(C=Cc3cnc(N4CCCC4)s3)oc2c1. The lowest BCUT2D eigenvalue weighted by Gasteiger charge is -2.12. The molecule has 0 saturated carbocycles. The summed E-state index contributed by atoms with van der Waals surface area (Å²) in [5.41, 5.74) is 1.23. The molecule has 1 aliphatic heterocycles. The lowest BCUT2D eigenvalue weighted by molar-refractivity contribution is 0.0932. The van der Waals surface area contributed by atoms with Crippen LogP contribution in [0.25, 0.3) is 23.3 Å². The van der Waals surface area contributed by atoms with Crippen molar-refractivity contribution in [2.75, 3.05) is 31.3 Å². The third-order valence-corrected chi connectivity index (χ3v) is 5.36. The number of rotatable bonds is 7. The molecule has 0 bridgehead atoms. The van der Waals surface area contributed by atoms with Gasteiger partial charge in [-0.25, -0.2) is 14.4 Å². The highest BCUT2D eigenvalue weighted by molar-refractivity contribution is 7.16. The third-order valence-electron chi connectivity index (χ3n) is 4.33. The molecule has 1 fully saturated rings. The van der Waals surface area contributed by atoms with Crippen LogP contribution in [0, 0.1) is 0 Å². The molecule has 1 unspecified atom stereocenters. The average Bonchev–Trinajstić information content (AvgIpc) is 3.43. The zero-order valence-electron chi connectivity index (χ0n) is 14.7. The Morgan fingerprint density at radius 3 is 2.96 bits per heavy atom. The van der Waals surface area contributed by atoms with Crippen molar-refractivity contribution in [2.45, 2.75) is 18.9 Å². The molecule has 6 nitrogen and oxygen atoms in total. The first-order valence-electron chi connectivity index (χ1n) is 8.88. The first-order chi connectivity index (χ1) is 13.2. The maximum atomic E-state index is 12.7. The van der Waals surface area contributed by atoms with E-state index in [9.17, 15) is 4.39 Å². The van der Waals surface area contributed by atoms with Gasteiger partial charge in [0.1, 0.15) is 24.0 Å². The Hall–Kier alpha value is -2.45. The van der Waals surface area contributed by atoms with E-state index in [0.717, 1.165) is 23.1 Å². The summed E-state index contributed by atoms with van der Waals surface area (Å²) in [6, 6.07) is 5.08. The van der Waals surface area contributed by atoms with E-state index in [4.69, 9.17) is 14.3 Å². The van der Waals surface area contributed by atoms with Crippen molar-refractivity contribution in [3.8, 4) is 5.75 Å². The van der Waals surface area contributed by atoms with Crippen molar-refractivity contribution >= 4 is 39.7 Å². The molecule has 3 aromatic rings. The summed E-state index contributed by atoms with van der Waals surface area (Å²) in [7, 11) is 0. The Kier molecular flexibility index (Phi) is 5.35. The van der Waals surface area contributed by atoms with Gasteiger partial charge >= 0.3 is 0 Å². The zero-order chi connectivity index (χ0) is 18.6. The highest BCUT2D eigenvalue weighted by atomic mass is 32.1. The highest BCUT2D eigenvalue weighted by Crippen LogP contribution is 2.28. The second kappa shape index (κ2) is 8.06. The van der Waals surface area contributed by atoms with Crippen LogP contribution in [0.2, 0.25) is 0 Å². The van der Waals surface area contributed by atoms with Crippen molar-refractivity contribution in [1.82, 2.24) is 9.97 Å². The second-order valence-electron chi connectivity index (χ2n) is 6.33. The van der Waals surface area contributed by atoms with Gasteiger partial charge in [-0.3, -0.25) is 0 Å². The number of aliphatic hydroxyl groups is 1. The van der Waals surface area contributed by atoms with Crippen LogP contribution in [0.3, 0.4) is 0 Å². The van der Waals surface area contributed by atoms with E-state index in [-0.39, 0.29) is 6.61 Å². The fourth-order valence-corrected chi connectivity index (χ4v) is 3.81. The van der Waals surface area contributed by atoms with Gasteiger partial charge in [-0.15, -0.1) is 0 Å². The molecule has 1 N–H and O–H groups in total. The number of halogens is 1. The summed E-state index contributed by atoms with van der Waals surface area (Å²) in [4.78, 5) is 12.2. The molecule has 1 aliphatic rings. The average molecular weight is 389 g/mol. The Morgan fingerprint density at radius 1 is 1.33 bits per heavy atom. The Morgan fingerprint density at radius 2 is 2.19 bits per heavy atom. The quantitative estimate of drug-likeness (QED) is 0.663. The van der Waals surface area contributed by atoms with E-state index < -0.39 is 12.8 Å². The largest absolute Gasteiger partial charge is 0.485 e. The molecule has 0 spiro atoms. The predicted octanol–water partition coefficient (Wildman–Crippen LogP) is 3.76. The van der Waals surface area contributed by atoms with E-state index in [1.165, 1.54) is 12.8 Å². The number of aromatic nitrogens is 2. The lowest BCUT2D eigenvalue weighted by Crippen LogP contribution is -2.23. The van der Waals surface area contributed by atoms with E-state index in [2.05, 4.69) is 14.9 Å². The number of aliphatic hydroxyl groups excluding tert-OH is 1. The van der Waals surface area contributed by atoms with Gasteiger partial charge in [0.25, 0.3) is 0 Å². The minimum Gasteiger partial charge on any atom is -0.485 e. The van der Waals surface area contributed by atoms with E-state index >= 15 is 0 Å². The van der Waals surface area contributed by atoms with Gasteiger partial charge in [0.2, 0.25) is 5.89 Å². The molecule has 2 aromatic heterocycles. The van der Waals surface area contributed by atoms with Crippen LogP contribution in [0.4, 0.5) is 9.52 Å². The van der Waals surface area contributed by atoms with Gasteiger partial charge in [-0.1, -0.05) is 11.3 Å². The second-order valence-corrected chi connectivity index (χ2v) is 7.37. The van der Waals surface area contributed by atoms with Crippen molar-refractivity contribution in [2.24, 2.45) is 0 Å². The minimum absolute atomic E-state index is 0.382. The summed E-state index contributed by atoms with van der Waals surface area (Å²) >= 11 is 1.65. The molecule has 1 atom stereocenters. The monoisotopic (exact) mass is 389 g/mol. The maximum absolute atomic E-state index is 12.7. The number of fused-ring (bicyclic) bond motifs is 1. The fraction of sp³-hybridized carbons (Fsp3) is 0.368. The highest BCUT2D eigenvalue weighted by Gasteiger charge is 2.15. The predicted molar refractivity (Wildman–Crippen MR) is 104 cm³/mol. The molecule has 8 heteroatoms. The van der Waals surface area contributed by atoms with Crippen LogP contribution >= 0.6 is 11.3 Å². The van der Waals surface area contributed by atoms with Crippen molar-refractivity contribution < 1.29 is 18.7 Å². The Bertz CT molecular complexity index is 929. The first-order valence-corrected chi connectivity index (χ1v) is 9.70. The Balaban J connectivity index is 1.48. The summed E-state index contributed by atoms with van der Waals surface area (Å²) < 4.78 is 23.8. The van der Waals surface area contributed by atoms with Gasteiger partial charge < -0.3 is 19.2 Å². The molecule has 3 heterocycles. The molecule has 0 aliphatic carbocycles. The molecule has 1 aromatic carbocycles. The van der Waals surface area contributed by atoms with Crippen molar-refractivity contribution in [1.29, 1.82) is 0 Å². The topological polar surface area (TPSA) is 71.6 Å². The van der Waals surface area contributed by atoms with Crippen LogP contribution in [-0.4, -0.2) is 47.5 Å². The molecular formula is C19H20FN3O3S. The molecule has 0 radical (unpaired) electrons. The zero-order valence-corrected chi connectivity index (χ0v) is 15.5. The summed E-state index contributed by atoms with van der Waals surface area (Å²) in [5, 5.41) is 10.1. The first kappa shape index (κ1) is 17.9. The van der Waals surface area contributed by atoms with Gasteiger partial charge in [-0.2, -0.15) is 0 Å². The summed E-state index contributed by atoms with van der Waals surface area (Å²) in [5.74, 6) is 0.908. The van der Waals surface area contributed by atoms with Crippen molar-refractivity contribution in [3.05, 3.63) is 35.2 Å². The number of ether oxygens (including phenoxy) is 1. The van der Waals surface area contributed by atoms with Crippen LogP contribution in [0.1, 0.15) is 23.6 Å². The van der Waals surface area contributed by atoms with Crippen LogP contribution < -0.4 is 9.64 Å². The molecule has 1 saturated heterocycles. The maximum Gasteiger partial charge on any atom is 0.220 e. The van der Waals surface area contributed by atoms with E-state index in [1.54, 1.807) is 35.6 Å². The fourth-order valence-electron chi connectivity index (χ4n) is 2.94. The number of hydrogen-bond donors (Lipinski definition) is 1. The van der Waals surface area contributed by atoms with Gasteiger partial charge in [0, 0.05) is 36.3 Å². The number of anilines is 1. The smallest absolute Gasteiger partial charge is 0.220 e. The van der Waals surface area contributed by atoms with Gasteiger partial charge in [0.05, 0.1) is 6.61 Å². The van der Waals surface area contributed by atoms with E-state index in [0.29, 0.717) is 22.7 Å². The molecule has 27 heavy (non-hydrogen) atoms. The van der Waals surface area contributed by atoms with Crippen LogP contribution in [0.5, 0.6) is 5.75 Å². The number of alkyl halides is 1. The number of oxazole rings is 1. The van der Waals surface area contributed by atoms with Crippen LogP contribution in [0.15, 0.2) is 28.8 Å². The number of nitrogens with zero attached hydrogens (tertiary/aromatic N) is 3. The molecular weight excluding hydrogens is 369 g/mol. The normalized spacial score (nSPS) is 15.9. The molecule has 0 amide bonds. The van der Waals surface area contributed by atoms with Crippen LogP contribution in [-0.2, 0) is 0 Å². The lowest BCUT2D eigenvalue weighted by atomic mass is 10.3. The molecule has 4 rings (SSSR count). The van der Waals surface area contributed by atoms with Gasteiger partial charge in [0.15, 0.2) is 10.7 Å². The summed E-state index contributed by atoms with van der Waals surface area (Å²) in [6.45, 7) is 1.01. The van der Waals surface area contributed by atoms with Crippen molar-refractivity contribution in [3.63, 3.8) is 0 Å². The number of hydrogen-bond acceptors (Lipinski definition) is 7. The minimum atomic E-state index is -0.874.